The van der Waals surface area contributed by atoms with E-state index in [4.69, 9.17) is 4.74 Å². The molecule has 34 rings (SSSR count). The average Bonchev–Trinajstić information content (AvgIpc) is 4.41. The SMILES string of the molecule is COC(=O)CCCC(c1ccccc1)N1C23c4c5c6c7c8c9c(c%10c%11c2c2c4c4c%12c5c5c6c6c8c8c%13c9c9c%10c%10c%11c%11c2c2c4c4c%12c%12c5c5c6c8c6c8c%13c9c9c%10c%10c%11c2c2c4c4c%12c5c6c5c8c9c%10c2c45)C713. The summed E-state index contributed by atoms with van der Waals surface area (Å²) in [6, 6.07) is 11.8. The molecule has 1 unspecified atom stereocenters. The van der Waals surface area contributed by atoms with Gasteiger partial charge in [0.1, 0.15) is 11.1 Å². The fraction of sp³-hybridized carbons (Fsp3) is 0.0972. The zero-order valence-electron chi connectivity index (χ0n) is 38.8. The van der Waals surface area contributed by atoms with Crippen molar-refractivity contribution in [2.24, 2.45) is 0 Å². The molecule has 5 aliphatic rings. The highest BCUT2D eigenvalue weighted by atomic mass is 16.5. The molecular formula is C72H15NO2. The lowest BCUT2D eigenvalue weighted by Crippen LogP contribution is -2.27. The third-order valence-electron chi connectivity index (χ3n) is 26.5. The Hall–Kier alpha value is -8.89. The van der Waals surface area contributed by atoms with Crippen LogP contribution >= 0.6 is 0 Å². The van der Waals surface area contributed by atoms with E-state index >= 15 is 0 Å². The molecule has 75 heavy (non-hydrogen) atoms. The van der Waals surface area contributed by atoms with Crippen molar-refractivity contribution in [2.75, 3.05) is 7.11 Å². The summed E-state index contributed by atoms with van der Waals surface area (Å²) in [6.07, 6.45) is 2.11. The van der Waals surface area contributed by atoms with E-state index in [1.54, 1.807) is 320 Å². The van der Waals surface area contributed by atoms with Crippen molar-refractivity contribution in [1.82, 2.24) is 4.90 Å². The molecule has 1 saturated heterocycles. The summed E-state index contributed by atoms with van der Waals surface area (Å²) in [5.74, 6) is -0.0985. The first-order chi connectivity index (χ1) is 37.3. The van der Waals surface area contributed by atoms with Gasteiger partial charge in [-0.25, -0.2) is 0 Å². The van der Waals surface area contributed by atoms with Crippen LogP contribution in [-0.2, 0) is 20.6 Å². The van der Waals surface area contributed by atoms with Gasteiger partial charge in [0.15, 0.2) is 0 Å². The summed E-state index contributed by atoms with van der Waals surface area (Å²) in [6.45, 7) is 0. The van der Waals surface area contributed by atoms with E-state index in [9.17, 15) is 4.79 Å². The van der Waals surface area contributed by atoms with Crippen molar-refractivity contribution in [3.05, 3.63) is 58.1 Å². The monoisotopic (exact) mass is 925 g/mol. The molecule has 0 bridgehead atoms. The van der Waals surface area contributed by atoms with Gasteiger partial charge in [-0.05, 0) is 332 Å². The van der Waals surface area contributed by atoms with Crippen LogP contribution in [-0.4, -0.2) is 18.0 Å². The molecule has 4 aliphatic carbocycles. The van der Waals surface area contributed by atoms with Crippen LogP contribution < -0.4 is 0 Å². The zero-order chi connectivity index (χ0) is 45.2. The van der Waals surface area contributed by atoms with Gasteiger partial charge in [0, 0.05) is 12.5 Å². The Morgan fingerprint density at radius 3 is 0.733 bits per heavy atom. The van der Waals surface area contributed by atoms with Gasteiger partial charge in [0.2, 0.25) is 0 Å². The van der Waals surface area contributed by atoms with E-state index in [1.165, 1.54) is 5.56 Å². The van der Waals surface area contributed by atoms with Crippen LogP contribution in [0.25, 0.3) is 291 Å². The number of ether oxygens (including phenoxy) is 1. The van der Waals surface area contributed by atoms with Gasteiger partial charge in [-0.3, -0.25) is 9.69 Å². The first kappa shape index (κ1) is 29.1. The standard InChI is InChI=1S/C72H15NO2/c1-75-12(74)9-5-8-11(10-6-3-2-4-7-10)73-71-67-59-51-41-31-23-15-13-14-17-21-19(15)27-35-29(21)39-33-25(17)26-18(14)22-20-16(13)24(23)32-38-28(20)36-30(22)40-34(26)44-43(33)53-47(39)57-49(35)55(45(51)37(27)31)63(67)65(57)69-61(53)62-54(44)48(40)58-50(36)56-46(38)52(42(32)41)60(59)68(71)64(56)66(58)70(62)72(69,71)73/h2-4,6-7,11H,5,8-9H2,1H3. The average molecular weight is 926 g/mol. The van der Waals surface area contributed by atoms with Gasteiger partial charge in [-0.1, -0.05) is 30.3 Å². The highest BCUT2D eigenvalue weighted by Gasteiger charge is 2.87. The lowest BCUT2D eigenvalue weighted by molar-refractivity contribution is -0.140. The molecule has 3 heteroatoms. The van der Waals surface area contributed by atoms with E-state index in [0.717, 1.165) is 12.8 Å². The molecule has 2 spiro atoms. The Morgan fingerprint density at radius 2 is 0.533 bits per heavy atom. The molecule has 1 atom stereocenters. The van der Waals surface area contributed by atoms with Crippen molar-refractivity contribution in [3.63, 3.8) is 0 Å². The second-order valence-corrected chi connectivity index (χ2v) is 26.9. The molecule has 1 fully saturated rings. The predicted molar refractivity (Wildman–Crippen MR) is 311 cm³/mol. The smallest absolute Gasteiger partial charge is 0.305 e. The number of benzene rings is 19. The largest absolute Gasteiger partial charge is 0.469 e. The summed E-state index contributed by atoms with van der Waals surface area (Å²) in [7, 11) is 1.57. The normalized spacial score (nSPS) is 22.9. The Labute approximate surface area is 410 Å². The van der Waals surface area contributed by atoms with Crippen molar-refractivity contribution in [2.45, 2.75) is 36.4 Å². The van der Waals surface area contributed by atoms with Crippen molar-refractivity contribution >= 4 is 297 Å². The van der Waals surface area contributed by atoms with Crippen LogP contribution in [0.15, 0.2) is 30.3 Å². The topological polar surface area (TPSA) is 29.3 Å². The minimum absolute atomic E-state index is 0.0793. The maximum atomic E-state index is 13.3. The summed E-state index contributed by atoms with van der Waals surface area (Å²) >= 11 is 0. The number of carbonyl (C=O) groups is 1. The molecule has 0 amide bonds. The molecule has 29 aromatic rings. The van der Waals surface area contributed by atoms with E-state index < -0.39 is 11.1 Å². The first-order valence-electron chi connectivity index (χ1n) is 28.0. The third kappa shape index (κ3) is 1.64. The van der Waals surface area contributed by atoms with Gasteiger partial charge < -0.3 is 4.74 Å². The number of methoxy groups -OCH3 is 1. The number of rotatable bonds is 6. The Kier molecular flexibility index (Phi) is 2.65. The molecule has 320 valence electrons. The fourth-order valence-electron chi connectivity index (χ4n) is 26.2. The van der Waals surface area contributed by atoms with Crippen LogP contribution in [0.3, 0.4) is 0 Å². The molecule has 29 aromatic carbocycles. The third-order valence-corrected chi connectivity index (χ3v) is 26.5. The van der Waals surface area contributed by atoms with Crippen LogP contribution in [0.2, 0.25) is 0 Å². The van der Waals surface area contributed by atoms with E-state index in [-0.39, 0.29) is 12.0 Å². The maximum Gasteiger partial charge on any atom is 0.305 e. The number of carbonyl (C=O) groups excluding carboxylic acids is 1. The molecule has 1 aliphatic heterocycles. The summed E-state index contributed by atoms with van der Waals surface area (Å²) < 4.78 is 5.42. The van der Waals surface area contributed by atoms with Gasteiger partial charge in [0.25, 0.3) is 0 Å². The summed E-state index contributed by atoms with van der Waals surface area (Å²) in [5, 5.41) is 88.3. The maximum absolute atomic E-state index is 13.3. The summed E-state index contributed by atoms with van der Waals surface area (Å²) in [5.41, 5.74) is 7.34. The van der Waals surface area contributed by atoms with E-state index in [1.807, 2.05) is 0 Å². The fourth-order valence-corrected chi connectivity index (χ4v) is 26.2. The second kappa shape index (κ2) is 6.82. The Bertz CT molecular complexity index is 6970. The lowest BCUT2D eigenvalue weighted by Gasteiger charge is -2.30. The van der Waals surface area contributed by atoms with Gasteiger partial charge in [0.05, 0.1) is 7.11 Å². The summed E-state index contributed by atoms with van der Waals surface area (Å²) in [4.78, 5) is 16.5. The van der Waals surface area contributed by atoms with Crippen molar-refractivity contribution in [1.29, 1.82) is 0 Å². The minimum Gasteiger partial charge on any atom is -0.469 e. The number of esters is 1. The highest BCUT2D eigenvalue weighted by molar-refractivity contribution is 6.82. The van der Waals surface area contributed by atoms with Crippen LogP contribution in [0.5, 0.6) is 0 Å². The Balaban J connectivity index is 1.06. The Morgan fingerprint density at radius 1 is 0.333 bits per heavy atom. The number of nitrogens with zero attached hydrogens (tertiary/aromatic N) is 1. The van der Waals surface area contributed by atoms with Gasteiger partial charge in [-0.2, -0.15) is 0 Å². The molecule has 0 aromatic heterocycles. The van der Waals surface area contributed by atoms with Crippen LogP contribution in [0.1, 0.15) is 53.1 Å². The highest BCUT2D eigenvalue weighted by Crippen LogP contribution is 2.91. The molecular weight excluding hydrogens is 911 g/mol. The first-order valence-corrected chi connectivity index (χ1v) is 28.0. The molecule has 3 nitrogen and oxygen atoms in total. The quantitative estimate of drug-likeness (QED) is 0.0945. The van der Waals surface area contributed by atoms with E-state index in [0.29, 0.717) is 6.42 Å². The zero-order valence-corrected chi connectivity index (χ0v) is 38.8. The lowest BCUT2D eigenvalue weighted by atomic mass is 9.68. The number of hydrogen-bond donors (Lipinski definition) is 0. The molecule has 0 saturated carbocycles. The van der Waals surface area contributed by atoms with Gasteiger partial charge in [-0.15, -0.1) is 0 Å². The van der Waals surface area contributed by atoms with Crippen molar-refractivity contribution < 1.29 is 9.53 Å². The number of hydrogen-bond acceptors (Lipinski definition) is 3. The minimum atomic E-state index is -0.399. The second-order valence-electron chi connectivity index (χ2n) is 26.9. The van der Waals surface area contributed by atoms with Crippen LogP contribution in [0, 0.1) is 0 Å². The van der Waals surface area contributed by atoms with E-state index in [2.05, 4.69) is 35.2 Å². The van der Waals surface area contributed by atoms with Crippen molar-refractivity contribution in [3.8, 4) is 0 Å². The van der Waals surface area contributed by atoms with Gasteiger partial charge >= 0.3 is 5.97 Å². The molecule has 0 radical (unpaired) electrons. The molecule has 0 N–H and O–H groups in total. The van der Waals surface area contributed by atoms with Crippen LogP contribution in [0.4, 0.5) is 0 Å². The molecule has 1 heterocycles. The predicted octanol–water partition coefficient (Wildman–Crippen LogP) is 18.6.